The van der Waals surface area contributed by atoms with Gasteiger partial charge in [-0.1, -0.05) is 0 Å². The van der Waals surface area contributed by atoms with Gasteiger partial charge in [0.05, 0.1) is 5.69 Å². The Hall–Kier alpha value is -2.44. The van der Waals surface area contributed by atoms with Crippen LogP contribution in [0.2, 0.25) is 0 Å². The summed E-state index contributed by atoms with van der Waals surface area (Å²) in [5.74, 6) is -0.655. The number of aliphatic imine (C=N–C) groups is 2. The van der Waals surface area contributed by atoms with Gasteiger partial charge in [-0.15, -0.1) is 0 Å². The minimum Gasteiger partial charge on any atom is -0.508 e. The first kappa shape index (κ1) is 10.6. The molecule has 0 aliphatic carbocycles. The highest BCUT2D eigenvalue weighted by Crippen LogP contribution is 2.25. The third-order valence-electron chi connectivity index (χ3n) is 1.37. The Balaban J connectivity index is 3.03. The highest BCUT2D eigenvalue weighted by atomic mass is 16.3. The van der Waals surface area contributed by atoms with Crippen molar-refractivity contribution in [3.05, 3.63) is 18.2 Å². The molecule has 7 nitrogen and oxygen atoms in total. The average Bonchev–Trinajstić information content (AvgIpc) is 1.98. The maximum Gasteiger partial charge on any atom is 0.223 e. The Kier molecular flexibility index (Phi) is 2.97. The second-order valence-electron chi connectivity index (χ2n) is 2.71. The van der Waals surface area contributed by atoms with Gasteiger partial charge < -0.3 is 27.4 Å². The van der Waals surface area contributed by atoms with Gasteiger partial charge in [-0.2, -0.15) is 4.99 Å². The Morgan fingerprint density at radius 1 is 1.00 bits per heavy atom. The molecule has 1 rings (SSSR count). The average molecular weight is 209 g/mol. The van der Waals surface area contributed by atoms with Crippen LogP contribution in [0.1, 0.15) is 0 Å². The van der Waals surface area contributed by atoms with Gasteiger partial charge in [0.1, 0.15) is 11.5 Å². The van der Waals surface area contributed by atoms with E-state index in [1.54, 1.807) is 0 Å². The van der Waals surface area contributed by atoms with E-state index < -0.39 is 0 Å². The van der Waals surface area contributed by atoms with Gasteiger partial charge in [0.2, 0.25) is 5.96 Å². The second kappa shape index (κ2) is 4.18. The van der Waals surface area contributed by atoms with E-state index in [4.69, 9.17) is 27.4 Å². The van der Waals surface area contributed by atoms with E-state index in [-0.39, 0.29) is 29.1 Å². The molecule has 0 heterocycles. The van der Waals surface area contributed by atoms with Gasteiger partial charge in [-0.25, -0.2) is 4.99 Å². The molecule has 0 aliphatic heterocycles. The van der Waals surface area contributed by atoms with E-state index in [1.807, 2.05) is 0 Å². The molecule has 0 saturated carbocycles. The fraction of sp³-hybridized carbons (Fsp3) is 0. The molecule has 0 unspecified atom stereocenters. The molecule has 0 spiro atoms. The number of guanidine groups is 2. The molecule has 0 radical (unpaired) electrons. The first-order valence-electron chi connectivity index (χ1n) is 3.94. The Bertz CT molecular complexity index is 403. The first-order chi connectivity index (χ1) is 6.97. The van der Waals surface area contributed by atoms with Crippen LogP contribution in [0.25, 0.3) is 0 Å². The highest BCUT2D eigenvalue weighted by Gasteiger charge is 1.98. The molecule has 7 heteroatoms. The van der Waals surface area contributed by atoms with Crippen LogP contribution in [-0.2, 0) is 0 Å². The lowest BCUT2D eigenvalue weighted by Crippen LogP contribution is -2.26. The molecule has 0 saturated heterocycles. The van der Waals surface area contributed by atoms with Crippen molar-refractivity contribution < 1.29 is 10.2 Å². The standard InChI is InChI=1S/C8H11N5O2/c9-7(10)13-8(11)12-4-1-5(14)3-6(15)2-4/h1-3,14-15H,(H6,9,10,11,12,13). The number of hydrogen-bond acceptors (Lipinski definition) is 3. The number of nitrogens with zero attached hydrogens (tertiary/aromatic N) is 2. The lowest BCUT2D eigenvalue weighted by Gasteiger charge is -1.98. The Morgan fingerprint density at radius 3 is 2.00 bits per heavy atom. The molecule has 0 aromatic heterocycles. The molecular formula is C8H11N5O2. The molecule has 8 N–H and O–H groups in total. The second-order valence-corrected chi connectivity index (χ2v) is 2.71. The monoisotopic (exact) mass is 209 g/mol. The van der Waals surface area contributed by atoms with Crippen LogP contribution in [0.15, 0.2) is 28.2 Å². The fourth-order valence-electron chi connectivity index (χ4n) is 0.934. The summed E-state index contributed by atoms with van der Waals surface area (Å²) in [5, 5.41) is 18.3. The van der Waals surface area contributed by atoms with Gasteiger partial charge in [0, 0.05) is 18.2 Å². The van der Waals surface area contributed by atoms with Gasteiger partial charge >= 0.3 is 0 Å². The van der Waals surface area contributed by atoms with Crippen molar-refractivity contribution in [3.8, 4) is 11.5 Å². The topological polar surface area (TPSA) is 143 Å². The number of benzene rings is 1. The SMILES string of the molecule is NC(N)=NC(N)=Nc1cc(O)cc(O)c1. The van der Waals surface area contributed by atoms with E-state index in [0.29, 0.717) is 0 Å². The lowest BCUT2D eigenvalue weighted by atomic mass is 10.3. The third kappa shape index (κ3) is 3.43. The molecule has 15 heavy (non-hydrogen) atoms. The molecule has 0 atom stereocenters. The van der Waals surface area contributed by atoms with Crippen molar-refractivity contribution in [2.24, 2.45) is 27.2 Å². The third-order valence-corrected chi connectivity index (χ3v) is 1.37. The van der Waals surface area contributed by atoms with E-state index in [1.165, 1.54) is 12.1 Å². The predicted octanol–water partition coefficient (Wildman–Crippen LogP) is -0.683. The summed E-state index contributed by atoms with van der Waals surface area (Å²) in [6.07, 6.45) is 0. The normalized spacial score (nSPS) is 11.1. The summed E-state index contributed by atoms with van der Waals surface area (Å²) >= 11 is 0. The Morgan fingerprint density at radius 2 is 1.53 bits per heavy atom. The van der Waals surface area contributed by atoms with Gasteiger partial charge in [0.25, 0.3) is 0 Å². The van der Waals surface area contributed by atoms with Gasteiger partial charge in [-0.05, 0) is 0 Å². The zero-order chi connectivity index (χ0) is 11.4. The van der Waals surface area contributed by atoms with Crippen LogP contribution >= 0.6 is 0 Å². The largest absolute Gasteiger partial charge is 0.508 e. The summed E-state index contributed by atoms with van der Waals surface area (Å²) in [5.41, 5.74) is 15.7. The molecule has 1 aromatic rings. The van der Waals surface area contributed by atoms with Crippen molar-refractivity contribution in [1.29, 1.82) is 0 Å². The van der Waals surface area contributed by atoms with Crippen LogP contribution in [0.4, 0.5) is 5.69 Å². The van der Waals surface area contributed by atoms with Crippen molar-refractivity contribution in [3.63, 3.8) is 0 Å². The minimum atomic E-state index is -0.222. The van der Waals surface area contributed by atoms with E-state index in [0.717, 1.165) is 6.07 Å². The molecular weight excluding hydrogens is 198 g/mol. The first-order valence-corrected chi connectivity index (χ1v) is 3.94. The van der Waals surface area contributed by atoms with Crippen LogP contribution in [-0.4, -0.2) is 22.1 Å². The summed E-state index contributed by atoms with van der Waals surface area (Å²) in [7, 11) is 0. The van der Waals surface area contributed by atoms with Crippen LogP contribution in [0, 0.1) is 0 Å². The summed E-state index contributed by atoms with van der Waals surface area (Å²) in [6.45, 7) is 0. The smallest absolute Gasteiger partial charge is 0.223 e. The summed E-state index contributed by atoms with van der Waals surface area (Å²) in [4.78, 5) is 7.22. The fourth-order valence-corrected chi connectivity index (χ4v) is 0.934. The molecule has 0 amide bonds. The van der Waals surface area contributed by atoms with Crippen LogP contribution < -0.4 is 17.2 Å². The number of aromatic hydroxyl groups is 2. The van der Waals surface area contributed by atoms with E-state index in [9.17, 15) is 0 Å². The number of phenolic OH excluding ortho intramolecular Hbond substituents is 2. The van der Waals surface area contributed by atoms with E-state index in [2.05, 4.69) is 9.98 Å². The summed E-state index contributed by atoms with van der Waals surface area (Å²) < 4.78 is 0. The van der Waals surface area contributed by atoms with E-state index >= 15 is 0 Å². The minimum absolute atomic E-state index is 0.133. The van der Waals surface area contributed by atoms with Crippen LogP contribution in [0.5, 0.6) is 11.5 Å². The van der Waals surface area contributed by atoms with Crippen molar-refractivity contribution in [2.45, 2.75) is 0 Å². The van der Waals surface area contributed by atoms with Gasteiger partial charge in [0.15, 0.2) is 5.96 Å². The van der Waals surface area contributed by atoms with Crippen molar-refractivity contribution in [1.82, 2.24) is 0 Å². The number of nitrogens with two attached hydrogens (primary N) is 3. The molecule has 0 aliphatic rings. The maximum atomic E-state index is 9.13. The van der Waals surface area contributed by atoms with Crippen molar-refractivity contribution in [2.75, 3.05) is 0 Å². The zero-order valence-electron chi connectivity index (χ0n) is 7.75. The van der Waals surface area contributed by atoms with Crippen molar-refractivity contribution >= 4 is 17.6 Å². The molecule has 0 fully saturated rings. The quantitative estimate of drug-likeness (QED) is 0.307. The lowest BCUT2D eigenvalue weighted by molar-refractivity contribution is 0.451. The Labute approximate surface area is 85.6 Å². The number of phenols is 2. The zero-order valence-corrected chi connectivity index (χ0v) is 7.75. The summed E-state index contributed by atoms with van der Waals surface area (Å²) in [6, 6.07) is 3.76. The number of rotatable bonds is 1. The maximum absolute atomic E-state index is 9.13. The molecule has 0 bridgehead atoms. The van der Waals surface area contributed by atoms with Gasteiger partial charge in [-0.3, -0.25) is 0 Å². The highest BCUT2D eigenvalue weighted by molar-refractivity contribution is 5.93. The predicted molar refractivity (Wildman–Crippen MR) is 56.9 cm³/mol. The molecule has 1 aromatic carbocycles. The number of hydrogen-bond donors (Lipinski definition) is 5. The molecule has 80 valence electrons. The van der Waals surface area contributed by atoms with Crippen LogP contribution in [0.3, 0.4) is 0 Å².